The Hall–Kier alpha value is -1.17. The molecule has 2 aromatic heterocycles. The maximum atomic E-state index is 6.12. The number of hydrogen-bond acceptors (Lipinski definition) is 4. The molecular weight excluding hydrogens is 330 g/mol. The summed E-state index contributed by atoms with van der Waals surface area (Å²) in [5.74, 6) is 2.16. The van der Waals surface area contributed by atoms with Gasteiger partial charge in [-0.3, -0.25) is 9.58 Å². The van der Waals surface area contributed by atoms with Crippen molar-refractivity contribution in [2.24, 2.45) is 11.8 Å². The maximum absolute atomic E-state index is 6.12. The molecule has 4 nitrogen and oxygen atoms in total. The first kappa shape index (κ1) is 16.0. The van der Waals surface area contributed by atoms with Gasteiger partial charge in [-0.2, -0.15) is 16.4 Å². The molecule has 2 aromatic rings. The van der Waals surface area contributed by atoms with Crippen molar-refractivity contribution in [3.63, 3.8) is 0 Å². The second-order valence-electron chi connectivity index (χ2n) is 8.16. The fourth-order valence-electron chi connectivity index (χ4n) is 3.98. The van der Waals surface area contributed by atoms with Gasteiger partial charge in [0.25, 0.3) is 0 Å². The Balaban J connectivity index is 1.32. The molecule has 0 radical (unpaired) electrons. The SMILES string of the molecule is c1cc(CN2Cc3cnn(CC4CC4)c3C(COCC3CC3)C2)cs1. The standard InChI is InChI=1S/C20H27N3OS/c1-2-15(1)9-23-20-18(7-21-23)10-22(8-17-5-6-25-14-17)11-19(20)13-24-12-16-3-4-16/h5-7,14-16,19H,1-4,8-13H2. The van der Waals surface area contributed by atoms with Crippen LogP contribution < -0.4 is 0 Å². The Morgan fingerprint density at radius 1 is 1.16 bits per heavy atom. The predicted octanol–water partition coefficient (Wildman–Crippen LogP) is 3.88. The Morgan fingerprint density at radius 3 is 2.80 bits per heavy atom. The molecule has 3 heterocycles. The second kappa shape index (κ2) is 6.86. The fraction of sp³-hybridized carbons (Fsp3) is 0.650. The molecule has 1 unspecified atom stereocenters. The van der Waals surface area contributed by atoms with E-state index >= 15 is 0 Å². The molecule has 5 heteroatoms. The van der Waals surface area contributed by atoms with Gasteiger partial charge in [0.2, 0.25) is 0 Å². The summed E-state index contributed by atoms with van der Waals surface area (Å²) in [5.41, 5.74) is 4.31. The Bertz CT molecular complexity index is 703. The lowest BCUT2D eigenvalue weighted by Crippen LogP contribution is -2.36. The Morgan fingerprint density at radius 2 is 2.04 bits per heavy atom. The van der Waals surface area contributed by atoms with Crippen LogP contribution in [0.15, 0.2) is 23.0 Å². The van der Waals surface area contributed by atoms with Crippen LogP contribution in [0.5, 0.6) is 0 Å². The average Bonchev–Trinajstić information content (AvgIpc) is 3.51. The van der Waals surface area contributed by atoms with Crippen molar-refractivity contribution in [2.75, 3.05) is 19.8 Å². The summed E-state index contributed by atoms with van der Waals surface area (Å²) < 4.78 is 8.42. The van der Waals surface area contributed by atoms with Crippen LogP contribution in [-0.4, -0.2) is 34.4 Å². The molecule has 134 valence electrons. The third kappa shape index (κ3) is 3.83. The van der Waals surface area contributed by atoms with E-state index in [1.807, 2.05) is 0 Å². The van der Waals surface area contributed by atoms with Gasteiger partial charge >= 0.3 is 0 Å². The molecule has 0 amide bonds. The number of rotatable bonds is 8. The van der Waals surface area contributed by atoms with Crippen molar-refractivity contribution >= 4 is 11.3 Å². The van der Waals surface area contributed by atoms with E-state index in [1.165, 1.54) is 42.5 Å². The van der Waals surface area contributed by atoms with Gasteiger partial charge in [0.1, 0.15) is 0 Å². The zero-order chi connectivity index (χ0) is 16.6. The molecule has 5 rings (SSSR count). The van der Waals surface area contributed by atoms with E-state index in [1.54, 1.807) is 11.3 Å². The number of aromatic nitrogens is 2. The van der Waals surface area contributed by atoms with E-state index in [4.69, 9.17) is 9.84 Å². The summed E-state index contributed by atoms with van der Waals surface area (Å²) in [5, 5.41) is 9.20. The zero-order valence-electron chi connectivity index (χ0n) is 14.8. The average molecular weight is 358 g/mol. The van der Waals surface area contributed by atoms with Crippen molar-refractivity contribution in [3.8, 4) is 0 Å². The highest BCUT2D eigenvalue weighted by atomic mass is 32.1. The van der Waals surface area contributed by atoms with E-state index in [0.29, 0.717) is 5.92 Å². The van der Waals surface area contributed by atoms with Crippen molar-refractivity contribution in [1.29, 1.82) is 0 Å². The van der Waals surface area contributed by atoms with E-state index < -0.39 is 0 Å². The third-order valence-corrected chi connectivity index (χ3v) is 6.44. The molecule has 1 aliphatic heterocycles. The topological polar surface area (TPSA) is 30.3 Å². The monoisotopic (exact) mass is 357 g/mol. The van der Waals surface area contributed by atoms with Crippen molar-refractivity contribution in [1.82, 2.24) is 14.7 Å². The zero-order valence-corrected chi connectivity index (χ0v) is 15.6. The van der Waals surface area contributed by atoms with E-state index in [-0.39, 0.29) is 0 Å². The van der Waals surface area contributed by atoms with Gasteiger partial charge in [-0.15, -0.1) is 0 Å². The van der Waals surface area contributed by atoms with Crippen molar-refractivity contribution in [2.45, 2.75) is 51.2 Å². The summed E-state index contributed by atoms with van der Waals surface area (Å²) >= 11 is 1.79. The van der Waals surface area contributed by atoms with Crippen LogP contribution in [0.1, 0.15) is 48.4 Å². The van der Waals surface area contributed by atoms with Crippen molar-refractivity contribution < 1.29 is 4.74 Å². The van der Waals surface area contributed by atoms with Crippen LogP contribution in [0.25, 0.3) is 0 Å². The van der Waals surface area contributed by atoms with Crippen LogP contribution in [0, 0.1) is 11.8 Å². The third-order valence-electron chi connectivity index (χ3n) is 5.70. The van der Waals surface area contributed by atoms with Crippen molar-refractivity contribution in [3.05, 3.63) is 39.8 Å². The van der Waals surface area contributed by atoms with Crippen LogP contribution in [0.4, 0.5) is 0 Å². The number of nitrogens with zero attached hydrogens (tertiary/aromatic N) is 3. The first-order valence-corrected chi connectivity index (χ1v) is 10.6. The number of hydrogen-bond donors (Lipinski definition) is 0. The smallest absolute Gasteiger partial charge is 0.0562 e. The minimum Gasteiger partial charge on any atom is -0.380 e. The molecule has 25 heavy (non-hydrogen) atoms. The number of fused-ring (bicyclic) bond motifs is 1. The van der Waals surface area contributed by atoms with Crippen LogP contribution in [0.3, 0.4) is 0 Å². The molecule has 0 saturated heterocycles. The fourth-order valence-corrected chi connectivity index (χ4v) is 4.64. The molecule has 2 saturated carbocycles. The summed E-state index contributed by atoms with van der Waals surface area (Å²) in [6, 6.07) is 2.25. The normalized spacial score (nSPS) is 23.8. The molecular formula is C20H27N3OS. The van der Waals surface area contributed by atoms with E-state index in [0.717, 1.165) is 51.2 Å². The summed E-state index contributed by atoms with van der Waals surface area (Å²) in [6.45, 7) is 6.06. The highest BCUT2D eigenvalue weighted by Crippen LogP contribution is 2.35. The van der Waals surface area contributed by atoms with Gasteiger partial charge < -0.3 is 4.74 Å². The molecule has 0 bridgehead atoms. The van der Waals surface area contributed by atoms with Gasteiger partial charge in [-0.1, -0.05) is 0 Å². The molecule has 2 aliphatic carbocycles. The Kier molecular flexibility index (Phi) is 4.40. The van der Waals surface area contributed by atoms with Gasteiger partial charge in [0, 0.05) is 50.0 Å². The summed E-state index contributed by atoms with van der Waals surface area (Å²) in [6.07, 6.45) is 7.59. The van der Waals surface area contributed by atoms with Crippen LogP contribution in [-0.2, 0) is 24.4 Å². The minimum absolute atomic E-state index is 0.461. The highest BCUT2D eigenvalue weighted by Gasteiger charge is 2.32. The summed E-state index contributed by atoms with van der Waals surface area (Å²) in [4.78, 5) is 2.57. The number of ether oxygens (including phenoxy) is 1. The predicted molar refractivity (Wildman–Crippen MR) is 99.7 cm³/mol. The molecule has 1 atom stereocenters. The van der Waals surface area contributed by atoms with Gasteiger partial charge in [0.15, 0.2) is 0 Å². The van der Waals surface area contributed by atoms with Crippen LogP contribution in [0.2, 0.25) is 0 Å². The van der Waals surface area contributed by atoms with Gasteiger partial charge in [0.05, 0.1) is 12.8 Å². The van der Waals surface area contributed by atoms with Crippen LogP contribution >= 0.6 is 11.3 Å². The molecule has 0 aromatic carbocycles. The quantitative estimate of drug-likeness (QED) is 0.718. The summed E-state index contributed by atoms with van der Waals surface area (Å²) in [7, 11) is 0. The molecule has 0 N–H and O–H groups in total. The molecule has 3 aliphatic rings. The molecule has 0 spiro atoms. The largest absolute Gasteiger partial charge is 0.380 e. The molecule has 2 fully saturated rings. The number of thiophene rings is 1. The lowest BCUT2D eigenvalue weighted by Gasteiger charge is -2.33. The van der Waals surface area contributed by atoms with E-state index in [2.05, 4.69) is 32.6 Å². The minimum atomic E-state index is 0.461. The Labute approximate surface area is 153 Å². The maximum Gasteiger partial charge on any atom is 0.0562 e. The first-order valence-electron chi connectivity index (χ1n) is 9.71. The van der Waals surface area contributed by atoms with Gasteiger partial charge in [-0.25, -0.2) is 0 Å². The van der Waals surface area contributed by atoms with E-state index in [9.17, 15) is 0 Å². The lowest BCUT2D eigenvalue weighted by molar-refractivity contribution is 0.0865. The highest BCUT2D eigenvalue weighted by molar-refractivity contribution is 7.07. The first-order chi connectivity index (χ1) is 12.3. The second-order valence-corrected chi connectivity index (χ2v) is 8.94. The lowest BCUT2D eigenvalue weighted by atomic mass is 9.96. The van der Waals surface area contributed by atoms with Gasteiger partial charge in [-0.05, 0) is 59.9 Å².